The summed E-state index contributed by atoms with van der Waals surface area (Å²) in [6, 6.07) is 0. The zero-order valence-corrected chi connectivity index (χ0v) is 19.5. The van der Waals surface area contributed by atoms with Gasteiger partial charge >= 0.3 is 0 Å². The van der Waals surface area contributed by atoms with Crippen molar-refractivity contribution in [2.24, 2.45) is 0 Å². The zero-order valence-electron chi connectivity index (χ0n) is 9.97. The molecule has 0 aromatic carbocycles. The van der Waals surface area contributed by atoms with Gasteiger partial charge in [0.1, 0.15) is 0 Å². The van der Waals surface area contributed by atoms with Crippen molar-refractivity contribution in [3.8, 4) is 0 Å². The van der Waals surface area contributed by atoms with E-state index in [4.69, 9.17) is 0 Å². The van der Waals surface area contributed by atoms with Crippen molar-refractivity contribution in [1.82, 2.24) is 0 Å². The fourth-order valence-electron chi connectivity index (χ4n) is 2.06. The number of hydrogen-bond acceptors (Lipinski definition) is 0. The van der Waals surface area contributed by atoms with Crippen molar-refractivity contribution in [2.75, 3.05) is 0 Å². The maximum absolute atomic E-state index is 3.82. The third kappa shape index (κ3) is 6.76. The molecular weight excluding hydrogens is 624 g/mol. The van der Waals surface area contributed by atoms with Crippen LogP contribution in [0.4, 0.5) is 0 Å². The summed E-state index contributed by atoms with van der Waals surface area (Å²) in [5.41, 5.74) is 0. The van der Waals surface area contributed by atoms with Gasteiger partial charge in [-0.2, -0.15) is 0 Å². The summed E-state index contributed by atoms with van der Waals surface area (Å²) >= 11 is 22.9. The molecule has 0 bridgehead atoms. The van der Waals surface area contributed by atoms with Crippen LogP contribution in [0.25, 0.3) is 0 Å². The molecule has 0 saturated heterocycles. The van der Waals surface area contributed by atoms with Crippen molar-refractivity contribution in [2.45, 2.75) is 67.5 Å². The molecule has 0 aromatic heterocycles. The molecule has 0 aliphatic heterocycles. The van der Waals surface area contributed by atoms with Crippen molar-refractivity contribution in [1.29, 1.82) is 0 Å². The summed E-state index contributed by atoms with van der Waals surface area (Å²) in [7, 11) is 0. The Balaban J connectivity index is 2.61. The fraction of sp³-hybridized carbons (Fsp3) is 1.00. The molecule has 0 aromatic rings. The molecule has 1 saturated carbocycles. The molecule has 1 aliphatic rings. The number of hydrogen-bond donors (Lipinski definition) is 0. The second kappa shape index (κ2) is 9.81. The van der Waals surface area contributed by atoms with Gasteiger partial charge in [-0.15, -0.1) is 0 Å². The Bertz CT molecular complexity index is 237. The topological polar surface area (TPSA) is 0 Å². The van der Waals surface area contributed by atoms with Crippen LogP contribution < -0.4 is 0 Å². The van der Waals surface area contributed by atoms with Gasteiger partial charge in [0.15, 0.2) is 0 Å². The van der Waals surface area contributed by atoms with E-state index < -0.39 is 0 Å². The first-order valence-corrected chi connectivity index (χ1v) is 11.8. The Kier molecular flexibility index (Phi) is 10.3. The van der Waals surface area contributed by atoms with Gasteiger partial charge in [-0.05, 0) is 32.1 Å². The van der Waals surface area contributed by atoms with Crippen molar-refractivity contribution in [3.63, 3.8) is 0 Å². The highest BCUT2D eigenvalue weighted by molar-refractivity contribution is 9.13. The van der Waals surface area contributed by atoms with Crippen LogP contribution in [0.15, 0.2) is 0 Å². The summed E-state index contributed by atoms with van der Waals surface area (Å²) in [6.07, 6.45) is 7.28. The van der Waals surface area contributed by atoms with Gasteiger partial charge in [0, 0.05) is 29.0 Å². The van der Waals surface area contributed by atoms with E-state index in [1.807, 2.05) is 0 Å². The summed E-state index contributed by atoms with van der Waals surface area (Å²) in [5.74, 6) is 0. The Morgan fingerprint density at radius 2 is 0.778 bits per heavy atom. The highest BCUT2D eigenvalue weighted by Crippen LogP contribution is 2.34. The average Bonchev–Trinajstić information content (AvgIpc) is 2.33. The smallest absolute Gasteiger partial charge is 0.0282 e. The third-order valence-electron chi connectivity index (χ3n) is 3.31. The van der Waals surface area contributed by atoms with Crippen LogP contribution in [0.2, 0.25) is 0 Å². The zero-order chi connectivity index (χ0) is 13.7. The molecule has 0 spiro atoms. The Morgan fingerprint density at radius 1 is 0.444 bits per heavy atom. The molecule has 0 amide bonds. The largest absolute Gasteiger partial charge is 0.0879 e. The van der Waals surface area contributed by atoms with Gasteiger partial charge in [0.05, 0.1) is 0 Å². The summed E-state index contributed by atoms with van der Waals surface area (Å²) < 4.78 is 0. The number of rotatable bonds is 0. The highest BCUT2D eigenvalue weighted by atomic mass is 79.9. The number of halogens is 6. The van der Waals surface area contributed by atoms with Gasteiger partial charge in [-0.3, -0.25) is 0 Å². The minimum absolute atomic E-state index is 0.523. The van der Waals surface area contributed by atoms with Crippen LogP contribution in [0.1, 0.15) is 38.5 Å². The van der Waals surface area contributed by atoms with E-state index in [0.29, 0.717) is 29.0 Å². The SMILES string of the molecule is BrC1CCCC(Br)C(Br)CC(Br)C(Br)CCC1Br. The standard InChI is InChI=1S/C12H18Br6/c13-7-2-1-3-8(14)11(17)6-12(18)10(16)5-4-9(7)15/h7-12H,1-6H2. The van der Waals surface area contributed by atoms with Gasteiger partial charge < -0.3 is 0 Å². The molecule has 1 fully saturated rings. The van der Waals surface area contributed by atoms with Crippen LogP contribution in [0.5, 0.6) is 0 Å². The lowest BCUT2D eigenvalue weighted by atomic mass is 10.0. The van der Waals surface area contributed by atoms with Gasteiger partial charge in [-0.1, -0.05) is 102 Å². The minimum atomic E-state index is 0.523. The second-order valence-electron chi connectivity index (χ2n) is 4.84. The minimum Gasteiger partial charge on any atom is -0.0879 e. The lowest BCUT2D eigenvalue weighted by molar-refractivity contribution is 0.556. The van der Waals surface area contributed by atoms with Crippen LogP contribution in [-0.2, 0) is 0 Å². The summed E-state index contributed by atoms with van der Waals surface area (Å²) in [6.45, 7) is 0. The predicted molar refractivity (Wildman–Crippen MR) is 104 cm³/mol. The highest BCUT2D eigenvalue weighted by Gasteiger charge is 2.26. The Hall–Kier alpha value is 2.88. The Labute approximate surface area is 161 Å². The fourth-order valence-corrected chi connectivity index (χ4v) is 6.03. The van der Waals surface area contributed by atoms with E-state index >= 15 is 0 Å². The third-order valence-corrected chi connectivity index (χ3v) is 11.8. The molecular formula is C12H18Br6. The van der Waals surface area contributed by atoms with Crippen LogP contribution in [-0.4, -0.2) is 29.0 Å². The molecule has 6 heteroatoms. The quantitative estimate of drug-likeness (QED) is 0.252. The predicted octanol–water partition coefficient (Wildman–Crippen LogP) is 6.92. The monoisotopic (exact) mass is 636 g/mol. The van der Waals surface area contributed by atoms with Crippen LogP contribution in [0.3, 0.4) is 0 Å². The normalized spacial score (nSPS) is 45.0. The lowest BCUT2D eigenvalue weighted by Crippen LogP contribution is -2.26. The average molecular weight is 642 g/mol. The van der Waals surface area contributed by atoms with E-state index in [0.717, 1.165) is 6.42 Å². The van der Waals surface area contributed by atoms with Gasteiger partial charge in [-0.25, -0.2) is 0 Å². The van der Waals surface area contributed by atoms with E-state index in [2.05, 4.69) is 95.6 Å². The van der Waals surface area contributed by atoms with Crippen LogP contribution >= 0.6 is 95.6 Å². The molecule has 6 unspecified atom stereocenters. The van der Waals surface area contributed by atoms with E-state index in [-0.39, 0.29) is 0 Å². The second-order valence-corrected chi connectivity index (χ2v) is 11.9. The molecule has 18 heavy (non-hydrogen) atoms. The van der Waals surface area contributed by atoms with E-state index in [9.17, 15) is 0 Å². The summed E-state index contributed by atoms with van der Waals surface area (Å²) in [5, 5.41) is 0. The van der Waals surface area contributed by atoms with Crippen molar-refractivity contribution < 1.29 is 0 Å². The first-order valence-electron chi connectivity index (χ1n) is 6.26. The molecule has 0 radical (unpaired) electrons. The molecule has 0 N–H and O–H groups in total. The maximum atomic E-state index is 3.82. The van der Waals surface area contributed by atoms with Crippen LogP contribution in [0, 0.1) is 0 Å². The van der Waals surface area contributed by atoms with Gasteiger partial charge in [0.25, 0.3) is 0 Å². The number of alkyl halides is 6. The Morgan fingerprint density at radius 3 is 1.28 bits per heavy atom. The molecule has 0 heterocycles. The summed E-state index contributed by atoms with van der Waals surface area (Å²) in [4.78, 5) is 3.32. The lowest BCUT2D eigenvalue weighted by Gasteiger charge is -2.26. The van der Waals surface area contributed by atoms with Crippen molar-refractivity contribution in [3.05, 3.63) is 0 Å². The van der Waals surface area contributed by atoms with E-state index in [1.54, 1.807) is 0 Å². The first-order chi connectivity index (χ1) is 8.41. The van der Waals surface area contributed by atoms with Gasteiger partial charge in [0.2, 0.25) is 0 Å². The van der Waals surface area contributed by atoms with E-state index in [1.165, 1.54) is 32.1 Å². The first kappa shape index (κ1) is 18.9. The molecule has 1 aliphatic carbocycles. The van der Waals surface area contributed by atoms with Crippen molar-refractivity contribution >= 4 is 95.6 Å². The maximum Gasteiger partial charge on any atom is 0.0282 e. The molecule has 1 rings (SSSR count). The molecule has 108 valence electrons. The molecule has 6 atom stereocenters. The molecule has 0 nitrogen and oxygen atoms in total.